The second-order valence-corrected chi connectivity index (χ2v) is 8.07. The highest BCUT2D eigenvalue weighted by atomic mass is 35.5. The first kappa shape index (κ1) is 20.6. The predicted octanol–water partition coefficient (Wildman–Crippen LogP) is 4.11. The number of hydrogen-bond acceptors (Lipinski definition) is 5. The summed E-state index contributed by atoms with van der Waals surface area (Å²) >= 11 is 6.34. The molecule has 0 atom stereocenters. The average molecular weight is 425 g/mol. The van der Waals surface area contributed by atoms with E-state index >= 15 is 0 Å². The molecule has 1 amide bonds. The van der Waals surface area contributed by atoms with E-state index in [9.17, 15) is 4.79 Å². The van der Waals surface area contributed by atoms with Crippen LogP contribution in [0.1, 0.15) is 40.5 Å². The number of carbonyl (C=O) groups excluding carboxylic acids is 1. The van der Waals surface area contributed by atoms with Gasteiger partial charge in [0.25, 0.3) is 5.91 Å². The molecule has 0 radical (unpaired) electrons. The van der Waals surface area contributed by atoms with Gasteiger partial charge in [0, 0.05) is 43.0 Å². The number of aromatic nitrogens is 2. The SMILES string of the molecule is O=C(NCCc1ccccn1)c1coc(CN(Cc2ccccc2Cl)CC2CC2)n1. The molecule has 0 bridgehead atoms. The van der Waals surface area contributed by atoms with Gasteiger partial charge < -0.3 is 9.73 Å². The van der Waals surface area contributed by atoms with Crippen LogP contribution in [0.25, 0.3) is 0 Å². The molecular weight excluding hydrogens is 400 g/mol. The minimum absolute atomic E-state index is 0.235. The Morgan fingerprint density at radius 2 is 2.00 bits per heavy atom. The van der Waals surface area contributed by atoms with Gasteiger partial charge in [0.2, 0.25) is 5.89 Å². The molecule has 1 aliphatic carbocycles. The van der Waals surface area contributed by atoms with Gasteiger partial charge in [-0.25, -0.2) is 4.98 Å². The second-order valence-electron chi connectivity index (χ2n) is 7.66. The second kappa shape index (κ2) is 9.87. The number of benzene rings is 1. The fraction of sp³-hybridized carbons (Fsp3) is 0.348. The Morgan fingerprint density at radius 1 is 1.17 bits per heavy atom. The minimum atomic E-state index is -0.235. The first-order valence-corrected chi connectivity index (χ1v) is 10.6. The Labute approximate surface area is 181 Å². The van der Waals surface area contributed by atoms with Gasteiger partial charge in [0.1, 0.15) is 6.26 Å². The minimum Gasteiger partial charge on any atom is -0.447 e. The fourth-order valence-electron chi connectivity index (χ4n) is 3.34. The van der Waals surface area contributed by atoms with Crippen molar-refractivity contribution in [3.63, 3.8) is 0 Å². The number of nitrogens with one attached hydrogen (secondary N) is 1. The van der Waals surface area contributed by atoms with E-state index in [4.69, 9.17) is 16.0 Å². The Morgan fingerprint density at radius 3 is 2.77 bits per heavy atom. The van der Waals surface area contributed by atoms with Crippen molar-refractivity contribution in [1.82, 2.24) is 20.2 Å². The zero-order chi connectivity index (χ0) is 20.8. The van der Waals surface area contributed by atoms with Crippen LogP contribution >= 0.6 is 11.6 Å². The van der Waals surface area contributed by atoms with Crippen molar-refractivity contribution >= 4 is 17.5 Å². The zero-order valence-corrected chi connectivity index (χ0v) is 17.5. The van der Waals surface area contributed by atoms with E-state index in [1.807, 2.05) is 42.5 Å². The lowest BCUT2D eigenvalue weighted by Crippen LogP contribution is -2.27. The summed E-state index contributed by atoms with van der Waals surface area (Å²) in [5.41, 5.74) is 2.32. The first-order valence-electron chi connectivity index (χ1n) is 10.3. The number of carbonyl (C=O) groups is 1. The third-order valence-corrected chi connectivity index (χ3v) is 5.47. The molecule has 6 nitrogen and oxygen atoms in total. The lowest BCUT2D eigenvalue weighted by Gasteiger charge is -2.21. The van der Waals surface area contributed by atoms with Crippen LogP contribution in [0.5, 0.6) is 0 Å². The van der Waals surface area contributed by atoms with E-state index in [0.717, 1.165) is 35.3 Å². The lowest BCUT2D eigenvalue weighted by molar-refractivity contribution is 0.0949. The first-order chi connectivity index (χ1) is 14.7. The van der Waals surface area contributed by atoms with Crippen LogP contribution in [0.4, 0.5) is 0 Å². The predicted molar refractivity (Wildman–Crippen MR) is 115 cm³/mol. The third kappa shape index (κ3) is 5.90. The number of oxazole rings is 1. The zero-order valence-electron chi connectivity index (χ0n) is 16.8. The van der Waals surface area contributed by atoms with Crippen molar-refractivity contribution in [2.24, 2.45) is 5.92 Å². The van der Waals surface area contributed by atoms with Gasteiger partial charge in [-0.05, 0) is 42.5 Å². The molecule has 1 aliphatic rings. The molecule has 3 aromatic rings. The monoisotopic (exact) mass is 424 g/mol. The van der Waals surface area contributed by atoms with Gasteiger partial charge in [-0.2, -0.15) is 0 Å². The lowest BCUT2D eigenvalue weighted by atomic mass is 10.2. The van der Waals surface area contributed by atoms with Crippen molar-refractivity contribution in [3.05, 3.63) is 82.8 Å². The Bertz CT molecular complexity index is 972. The number of nitrogens with zero attached hydrogens (tertiary/aromatic N) is 3. The molecule has 2 aromatic heterocycles. The van der Waals surface area contributed by atoms with Crippen LogP contribution in [-0.2, 0) is 19.5 Å². The van der Waals surface area contributed by atoms with E-state index in [1.54, 1.807) is 6.20 Å². The summed E-state index contributed by atoms with van der Waals surface area (Å²) in [6.45, 7) is 2.74. The summed E-state index contributed by atoms with van der Waals surface area (Å²) < 4.78 is 5.59. The Balaban J connectivity index is 1.33. The van der Waals surface area contributed by atoms with Crippen LogP contribution in [-0.4, -0.2) is 33.9 Å². The summed E-state index contributed by atoms with van der Waals surface area (Å²) in [4.78, 5) is 23.3. The standard InChI is InChI=1S/C23H25ClN4O2/c24-20-7-2-1-5-18(20)14-28(13-17-8-9-17)15-22-27-21(16-30-22)23(29)26-12-10-19-6-3-4-11-25-19/h1-7,11,16-17H,8-10,12-15H2,(H,26,29). The van der Waals surface area contributed by atoms with Crippen molar-refractivity contribution in [2.75, 3.05) is 13.1 Å². The molecular formula is C23H25ClN4O2. The normalized spacial score (nSPS) is 13.5. The maximum Gasteiger partial charge on any atom is 0.273 e. The highest BCUT2D eigenvalue weighted by Crippen LogP contribution is 2.31. The van der Waals surface area contributed by atoms with E-state index in [1.165, 1.54) is 19.1 Å². The van der Waals surface area contributed by atoms with Crippen molar-refractivity contribution < 1.29 is 9.21 Å². The van der Waals surface area contributed by atoms with Crippen molar-refractivity contribution in [1.29, 1.82) is 0 Å². The molecule has 0 aliphatic heterocycles. The van der Waals surface area contributed by atoms with Crippen LogP contribution in [0.2, 0.25) is 5.02 Å². The Hall–Kier alpha value is -2.70. The third-order valence-electron chi connectivity index (χ3n) is 5.10. The number of amides is 1. The molecule has 4 rings (SSSR count). The van der Waals surface area contributed by atoms with Crippen LogP contribution in [0.3, 0.4) is 0 Å². The molecule has 1 saturated carbocycles. The van der Waals surface area contributed by atoms with Gasteiger partial charge in [-0.1, -0.05) is 35.9 Å². The molecule has 7 heteroatoms. The van der Waals surface area contributed by atoms with E-state index in [2.05, 4.69) is 20.2 Å². The van der Waals surface area contributed by atoms with Gasteiger partial charge in [-0.15, -0.1) is 0 Å². The number of halogens is 1. The van der Waals surface area contributed by atoms with Crippen LogP contribution in [0, 0.1) is 5.92 Å². The molecule has 0 saturated heterocycles. The summed E-state index contributed by atoms with van der Waals surface area (Å²) in [7, 11) is 0. The molecule has 1 fully saturated rings. The largest absolute Gasteiger partial charge is 0.447 e. The van der Waals surface area contributed by atoms with E-state index < -0.39 is 0 Å². The number of pyridine rings is 1. The van der Waals surface area contributed by atoms with E-state index in [-0.39, 0.29) is 5.91 Å². The average Bonchev–Trinajstić information content (AvgIpc) is 3.44. The van der Waals surface area contributed by atoms with Gasteiger partial charge in [0.15, 0.2) is 5.69 Å². The molecule has 0 spiro atoms. The number of rotatable bonds is 10. The topological polar surface area (TPSA) is 71.3 Å². The van der Waals surface area contributed by atoms with Crippen LogP contribution in [0.15, 0.2) is 59.3 Å². The molecule has 156 valence electrons. The van der Waals surface area contributed by atoms with Gasteiger partial charge in [0.05, 0.1) is 6.54 Å². The highest BCUT2D eigenvalue weighted by Gasteiger charge is 2.26. The fourth-order valence-corrected chi connectivity index (χ4v) is 3.53. The van der Waals surface area contributed by atoms with Gasteiger partial charge >= 0.3 is 0 Å². The quantitative estimate of drug-likeness (QED) is 0.530. The van der Waals surface area contributed by atoms with E-state index in [0.29, 0.717) is 31.1 Å². The van der Waals surface area contributed by atoms with Crippen LogP contribution < -0.4 is 5.32 Å². The molecule has 1 N–H and O–H groups in total. The Kier molecular flexibility index (Phi) is 6.77. The molecule has 30 heavy (non-hydrogen) atoms. The van der Waals surface area contributed by atoms with Crippen molar-refractivity contribution in [2.45, 2.75) is 32.4 Å². The highest BCUT2D eigenvalue weighted by molar-refractivity contribution is 6.31. The molecule has 2 heterocycles. The maximum atomic E-state index is 12.4. The maximum absolute atomic E-state index is 12.4. The summed E-state index contributed by atoms with van der Waals surface area (Å²) in [5, 5.41) is 3.63. The smallest absolute Gasteiger partial charge is 0.273 e. The summed E-state index contributed by atoms with van der Waals surface area (Å²) in [6.07, 6.45) is 6.36. The summed E-state index contributed by atoms with van der Waals surface area (Å²) in [5.74, 6) is 1.02. The van der Waals surface area contributed by atoms with Crippen molar-refractivity contribution in [3.8, 4) is 0 Å². The molecule has 0 unspecified atom stereocenters. The summed E-state index contributed by atoms with van der Waals surface area (Å²) in [6, 6.07) is 13.6. The molecule has 1 aromatic carbocycles. The van der Waals surface area contributed by atoms with Gasteiger partial charge in [-0.3, -0.25) is 14.7 Å². The number of hydrogen-bond donors (Lipinski definition) is 1.